The first kappa shape index (κ1) is 17.7. The van der Waals surface area contributed by atoms with Gasteiger partial charge in [0.05, 0.1) is 24.7 Å². The molecule has 2 amide bonds. The number of carbonyl (C=O) groups is 3. The number of piperidine rings is 1. The van der Waals surface area contributed by atoms with Crippen LogP contribution in [0.3, 0.4) is 0 Å². The second kappa shape index (κ2) is 7.77. The molecule has 0 aromatic heterocycles. The zero-order valence-corrected chi connectivity index (χ0v) is 14.1. The van der Waals surface area contributed by atoms with Gasteiger partial charge >= 0.3 is 17.8 Å². The highest BCUT2D eigenvalue weighted by molar-refractivity contribution is 6.35. The molecule has 23 heavy (non-hydrogen) atoms. The molecule has 2 saturated heterocycles. The molecular weight excluding hydrogens is 300 g/mol. The molecular formula is C16H26N2O5. The Morgan fingerprint density at radius 3 is 2.26 bits per heavy atom. The first-order valence-corrected chi connectivity index (χ1v) is 8.32. The van der Waals surface area contributed by atoms with E-state index in [-0.39, 0.29) is 30.6 Å². The predicted octanol–water partition coefficient (Wildman–Crippen LogP) is 0.424. The number of hydrogen-bond donors (Lipinski definition) is 0. The lowest BCUT2D eigenvalue weighted by Crippen LogP contribution is -2.55. The number of ether oxygens (including phenoxy) is 2. The van der Waals surface area contributed by atoms with Crippen molar-refractivity contribution in [3.63, 3.8) is 0 Å². The summed E-state index contributed by atoms with van der Waals surface area (Å²) in [5.74, 6) is -1.65. The molecule has 7 heteroatoms. The molecule has 130 valence electrons. The predicted molar refractivity (Wildman–Crippen MR) is 82.5 cm³/mol. The van der Waals surface area contributed by atoms with Gasteiger partial charge in [-0.1, -0.05) is 0 Å². The highest BCUT2D eigenvalue weighted by Gasteiger charge is 2.36. The van der Waals surface area contributed by atoms with E-state index >= 15 is 0 Å². The number of nitrogens with zero attached hydrogens (tertiary/aromatic N) is 2. The van der Waals surface area contributed by atoms with Crippen LogP contribution in [0.5, 0.6) is 0 Å². The molecule has 0 bridgehead atoms. The molecule has 0 saturated carbocycles. The second-order valence-electron chi connectivity index (χ2n) is 6.31. The molecule has 0 N–H and O–H groups in total. The van der Waals surface area contributed by atoms with Gasteiger partial charge in [0.2, 0.25) is 0 Å². The van der Waals surface area contributed by atoms with Crippen LogP contribution >= 0.6 is 0 Å². The minimum absolute atomic E-state index is 0.0795. The van der Waals surface area contributed by atoms with E-state index in [0.29, 0.717) is 39.1 Å². The Morgan fingerprint density at radius 1 is 1.04 bits per heavy atom. The van der Waals surface area contributed by atoms with Gasteiger partial charge in [-0.25, -0.2) is 0 Å². The van der Waals surface area contributed by atoms with E-state index in [2.05, 4.69) is 0 Å². The van der Waals surface area contributed by atoms with Gasteiger partial charge in [-0.15, -0.1) is 0 Å². The zero-order valence-electron chi connectivity index (χ0n) is 14.1. The third-order valence-electron chi connectivity index (χ3n) is 4.22. The summed E-state index contributed by atoms with van der Waals surface area (Å²) in [6.07, 6.45) is 1.24. The maximum absolute atomic E-state index is 12.5. The van der Waals surface area contributed by atoms with Crippen LogP contribution in [-0.4, -0.2) is 72.6 Å². The van der Waals surface area contributed by atoms with Crippen molar-refractivity contribution in [3.8, 4) is 0 Å². The van der Waals surface area contributed by atoms with Crippen LogP contribution in [0.4, 0.5) is 0 Å². The molecule has 0 aromatic rings. The van der Waals surface area contributed by atoms with Crippen molar-refractivity contribution in [2.45, 2.75) is 45.8 Å². The van der Waals surface area contributed by atoms with E-state index in [0.717, 1.165) is 0 Å². The van der Waals surface area contributed by atoms with Crippen LogP contribution in [0.15, 0.2) is 0 Å². The SMILES string of the molecule is CCOC(=O)C1CCCN(C(=O)C(=O)N2CC(C)OC(C)C2)C1. The van der Waals surface area contributed by atoms with E-state index in [1.807, 2.05) is 13.8 Å². The largest absolute Gasteiger partial charge is 0.466 e. The molecule has 0 spiro atoms. The smallest absolute Gasteiger partial charge is 0.312 e. The third-order valence-corrected chi connectivity index (χ3v) is 4.22. The van der Waals surface area contributed by atoms with Crippen molar-refractivity contribution >= 4 is 17.8 Å². The lowest BCUT2D eigenvalue weighted by molar-refractivity contribution is -0.161. The van der Waals surface area contributed by atoms with Crippen molar-refractivity contribution in [2.24, 2.45) is 5.92 Å². The van der Waals surface area contributed by atoms with E-state index in [4.69, 9.17) is 9.47 Å². The Balaban J connectivity index is 1.96. The van der Waals surface area contributed by atoms with Crippen molar-refractivity contribution < 1.29 is 23.9 Å². The zero-order chi connectivity index (χ0) is 17.0. The van der Waals surface area contributed by atoms with Crippen LogP contribution in [0.2, 0.25) is 0 Å². The number of likely N-dealkylation sites (tertiary alicyclic amines) is 1. The maximum atomic E-state index is 12.5. The van der Waals surface area contributed by atoms with Gasteiger partial charge in [0.25, 0.3) is 0 Å². The molecule has 2 rings (SSSR count). The fourth-order valence-electron chi connectivity index (χ4n) is 3.23. The average Bonchev–Trinajstić information content (AvgIpc) is 2.53. The van der Waals surface area contributed by atoms with Crippen molar-refractivity contribution in [2.75, 3.05) is 32.8 Å². The summed E-state index contributed by atoms with van der Waals surface area (Å²) in [7, 11) is 0. The van der Waals surface area contributed by atoms with Gasteiger partial charge in [-0.2, -0.15) is 0 Å². The Kier molecular flexibility index (Phi) is 5.98. The molecule has 2 aliphatic rings. The number of morpholine rings is 1. The summed E-state index contributed by atoms with van der Waals surface area (Å²) in [4.78, 5) is 39.8. The van der Waals surface area contributed by atoms with Crippen LogP contribution in [0, 0.1) is 5.92 Å². The van der Waals surface area contributed by atoms with Gasteiger partial charge in [0, 0.05) is 26.2 Å². The van der Waals surface area contributed by atoms with Crippen molar-refractivity contribution in [1.29, 1.82) is 0 Å². The monoisotopic (exact) mass is 326 g/mol. The quantitative estimate of drug-likeness (QED) is 0.543. The molecule has 7 nitrogen and oxygen atoms in total. The van der Waals surface area contributed by atoms with E-state index in [1.165, 1.54) is 4.90 Å². The number of amides is 2. The lowest BCUT2D eigenvalue weighted by atomic mass is 9.98. The molecule has 0 aromatic carbocycles. The van der Waals surface area contributed by atoms with E-state index < -0.39 is 11.8 Å². The number of esters is 1. The number of carbonyl (C=O) groups excluding carboxylic acids is 3. The molecule has 3 unspecified atom stereocenters. The van der Waals surface area contributed by atoms with Gasteiger partial charge in [-0.05, 0) is 33.6 Å². The van der Waals surface area contributed by atoms with Gasteiger partial charge in [0.15, 0.2) is 0 Å². The van der Waals surface area contributed by atoms with Crippen LogP contribution in [0.25, 0.3) is 0 Å². The summed E-state index contributed by atoms with van der Waals surface area (Å²) in [6, 6.07) is 0. The maximum Gasteiger partial charge on any atom is 0.312 e. The number of rotatable bonds is 2. The normalized spacial score (nSPS) is 28.4. The van der Waals surface area contributed by atoms with Crippen molar-refractivity contribution in [3.05, 3.63) is 0 Å². The fraction of sp³-hybridized carbons (Fsp3) is 0.812. The Morgan fingerprint density at radius 2 is 1.65 bits per heavy atom. The average molecular weight is 326 g/mol. The first-order chi connectivity index (χ1) is 10.9. The van der Waals surface area contributed by atoms with Crippen LogP contribution in [0.1, 0.15) is 33.6 Å². The number of hydrogen-bond acceptors (Lipinski definition) is 5. The van der Waals surface area contributed by atoms with Crippen LogP contribution in [-0.2, 0) is 23.9 Å². The lowest BCUT2D eigenvalue weighted by Gasteiger charge is -2.37. The Labute approximate surface area is 136 Å². The van der Waals surface area contributed by atoms with E-state index in [9.17, 15) is 14.4 Å². The molecule has 0 aliphatic carbocycles. The summed E-state index contributed by atoms with van der Waals surface area (Å²) in [6.45, 7) is 7.47. The third kappa shape index (κ3) is 4.43. The summed E-state index contributed by atoms with van der Waals surface area (Å²) in [5, 5.41) is 0. The Bertz CT molecular complexity index is 457. The van der Waals surface area contributed by atoms with Gasteiger partial charge in [-0.3, -0.25) is 14.4 Å². The van der Waals surface area contributed by atoms with Gasteiger partial charge < -0.3 is 19.3 Å². The van der Waals surface area contributed by atoms with Crippen molar-refractivity contribution in [1.82, 2.24) is 9.80 Å². The molecule has 2 fully saturated rings. The summed E-state index contributed by atoms with van der Waals surface area (Å²) in [5.41, 5.74) is 0. The summed E-state index contributed by atoms with van der Waals surface area (Å²) < 4.78 is 10.6. The standard InChI is InChI=1S/C16H26N2O5/c1-4-22-16(21)13-6-5-7-17(10-13)14(19)15(20)18-8-11(2)23-12(3)9-18/h11-13H,4-10H2,1-3H3. The Hall–Kier alpha value is -1.63. The highest BCUT2D eigenvalue weighted by atomic mass is 16.5. The fourth-order valence-corrected chi connectivity index (χ4v) is 3.23. The first-order valence-electron chi connectivity index (χ1n) is 8.32. The van der Waals surface area contributed by atoms with Gasteiger partial charge in [0.1, 0.15) is 0 Å². The second-order valence-corrected chi connectivity index (χ2v) is 6.31. The van der Waals surface area contributed by atoms with E-state index in [1.54, 1.807) is 11.8 Å². The summed E-state index contributed by atoms with van der Waals surface area (Å²) >= 11 is 0. The topological polar surface area (TPSA) is 76.2 Å². The highest BCUT2D eigenvalue weighted by Crippen LogP contribution is 2.19. The molecule has 3 atom stereocenters. The molecule has 0 radical (unpaired) electrons. The minimum atomic E-state index is -0.528. The van der Waals surface area contributed by atoms with Crippen LogP contribution < -0.4 is 0 Å². The molecule has 2 heterocycles. The minimum Gasteiger partial charge on any atom is -0.466 e. The molecule has 2 aliphatic heterocycles.